The maximum absolute atomic E-state index is 13.2. The highest BCUT2D eigenvalue weighted by Gasteiger charge is 2.24. The van der Waals surface area contributed by atoms with Gasteiger partial charge in [-0.05, 0) is 13.8 Å². The van der Waals surface area contributed by atoms with Crippen LogP contribution in [0.4, 0.5) is 8.78 Å². The van der Waals surface area contributed by atoms with E-state index >= 15 is 0 Å². The first-order valence-electron chi connectivity index (χ1n) is 6.46. The molecule has 21 heavy (non-hydrogen) atoms. The number of hydrogen-bond acceptors (Lipinski definition) is 4. The standard InChI is InChI=1S/C15H15F2NO2S/c1-4-20-14(19)12-9(2)18-13(21-12)10-5-7-11(8-6-10)15(3,16)17/h5-8H,4H2,1-3H3. The van der Waals surface area contributed by atoms with E-state index in [0.717, 1.165) is 6.92 Å². The highest BCUT2D eigenvalue weighted by atomic mass is 32.1. The van der Waals surface area contributed by atoms with Gasteiger partial charge in [0, 0.05) is 18.1 Å². The Morgan fingerprint density at radius 1 is 1.33 bits per heavy atom. The number of benzene rings is 1. The summed E-state index contributed by atoms with van der Waals surface area (Å²) in [5.41, 5.74) is 1.23. The zero-order valence-electron chi connectivity index (χ0n) is 11.9. The number of hydrogen-bond donors (Lipinski definition) is 0. The maximum atomic E-state index is 13.2. The molecule has 3 nitrogen and oxygen atoms in total. The molecule has 0 spiro atoms. The van der Waals surface area contributed by atoms with Crippen molar-refractivity contribution in [2.45, 2.75) is 26.7 Å². The number of thiazole rings is 1. The van der Waals surface area contributed by atoms with Gasteiger partial charge in [0.05, 0.1) is 12.3 Å². The number of halogens is 2. The first-order valence-corrected chi connectivity index (χ1v) is 7.28. The van der Waals surface area contributed by atoms with Gasteiger partial charge in [0.25, 0.3) is 5.92 Å². The average Bonchev–Trinajstić information content (AvgIpc) is 2.80. The fourth-order valence-corrected chi connectivity index (χ4v) is 2.78. The normalized spacial score (nSPS) is 11.5. The van der Waals surface area contributed by atoms with Crippen LogP contribution in [0.2, 0.25) is 0 Å². The maximum Gasteiger partial charge on any atom is 0.350 e. The summed E-state index contributed by atoms with van der Waals surface area (Å²) in [6, 6.07) is 5.91. The molecule has 0 aliphatic heterocycles. The smallest absolute Gasteiger partial charge is 0.350 e. The Morgan fingerprint density at radius 3 is 2.48 bits per heavy atom. The third-order valence-corrected chi connectivity index (χ3v) is 4.08. The molecule has 0 saturated heterocycles. The Bertz CT molecular complexity index is 645. The number of esters is 1. The second-order valence-corrected chi connectivity index (χ2v) is 5.62. The number of rotatable bonds is 4. The molecule has 2 rings (SSSR count). The lowest BCUT2D eigenvalue weighted by Crippen LogP contribution is -2.06. The van der Waals surface area contributed by atoms with Crippen LogP contribution in [0.1, 0.15) is 34.8 Å². The fourth-order valence-electron chi connectivity index (χ4n) is 1.81. The highest BCUT2D eigenvalue weighted by Crippen LogP contribution is 2.32. The number of ether oxygens (including phenoxy) is 1. The molecule has 6 heteroatoms. The third-order valence-electron chi connectivity index (χ3n) is 2.90. The zero-order chi connectivity index (χ0) is 15.6. The lowest BCUT2D eigenvalue weighted by atomic mass is 10.1. The molecule has 0 saturated carbocycles. The molecule has 112 valence electrons. The van der Waals surface area contributed by atoms with Crippen LogP contribution in [0.25, 0.3) is 10.6 Å². The molecule has 0 atom stereocenters. The van der Waals surface area contributed by atoms with Crippen LogP contribution in [0, 0.1) is 6.92 Å². The Morgan fingerprint density at radius 2 is 1.95 bits per heavy atom. The van der Waals surface area contributed by atoms with Gasteiger partial charge in [0.15, 0.2) is 0 Å². The van der Waals surface area contributed by atoms with Crippen molar-refractivity contribution in [3.8, 4) is 10.6 Å². The summed E-state index contributed by atoms with van der Waals surface area (Å²) < 4.78 is 31.3. The molecule has 2 aromatic rings. The predicted molar refractivity (Wildman–Crippen MR) is 77.8 cm³/mol. The number of carbonyl (C=O) groups is 1. The van der Waals surface area contributed by atoms with Gasteiger partial charge < -0.3 is 4.74 Å². The molecule has 0 bridgehead atoms. The van der Waals surface area contributed by atoms with E-state index in [2.05, 4.69) is 4.98 Å². The van der Waals surface area contributed by atoms with Crippen LogP contribution in [0.3, 0.4) is 0 Å². The molecular weight excluding hydrogens is 296 g/mol. The summed E-state index contributed by atoms with van der Waals surface area (Å²) in [5, 5.41) is 0.613. The largest absolute Gasteiger partial charge is 0.462 e. The third kappa shape index (κ3) is 3.44. The van der Waals surface area contributed by atoms with E-state index in [1.165, 1.54) is 23.5 Å². The number of aryl methyl sites for hydroxylation is 1. The highest BCUT2D eigenvalue weighted by molar-refractivity contribution is 7.17. The summed E-state index contributed by atoms with van der Waals surface area (Å²) in [4.78, 5) is 16.5. The van der Waals surface area contributed by atoms with Crippen LogP contribution < -0.4 is 0 Å². The van der Waals surface area contributed by atoms with Gasteiger partial charge >= 0.3 is 5.97 Å². The van der Waals surface area contributed by atoms with E-state index in [0.29, 0.717) is 27.7 Å². The predicted octanol–water partition coefficient (Wildman–Crippen LogP) is 4.41. The van der Waals surface area contributed by atoms with Gasteiger partial charge in [-0.25, -0.2) is 18.6 Å². The molecule has 0 amide bonds. The second-order valence-electron chi connectivity index (χ2n) is 4.62. The van der Waals surface area contributed by atoms with Gasteiger partial charge in [-0.1, -0.05) is 24.3 Å². The van der Waals surface area contributed by atoms with Crippen molar-refractivity contribution in [1.29, 1.82) is 0 Å². The fraction of sp³-hybridized carbons (Fsp3) is 0.333. The first-order chi connectivity index (χ1) is 9.82. The molecule has 1 aromatic heterocycles. The number of nitrogens with zero attached hydrogens (tertiary/aromatic N) is 1. The quantitative estimate of drug-likeness (QED) is 0.785. The van der Waals surface area contributed by atoms with E-state index in [1.54, 1.807) is 26.0 Å². The van der Waals surface area contributed by atoms with Crippen molar-refractivity contribution >= 4 is 17.3 Å². The summed E-state index contributed by atoms with van der Waals surface area (Å²) in [6.07, 6.45) is 0. The molecule has 0 N–H and O–H groups in total. The van der Waals surface area contributed by atoms with Gasteiger partial charge in [0.2, 0.25) is 0 Å². The molecule has 0 radical (unpaired) electrons. The van der Waals surface area contributed by atoms with Crippen molar-refractivity contribution in [2.75, 3.05) is 6.61 Å². The molecule has 0 aliphatic rings. The summed E-state index contributed by atoms with van der Waals surface area (Å²) in [7, 11) is 0. The number of alkyl halides is 2. The Labute approximate surface area is 125 Å². The Hall–Kier alpha value is -1.82. The van der Waals surface area contributed by atoms with E-state index < -0.39 is 11.9 Å². The van der Waals surface area contributed by atoms with Crippen LogP contribution in [0.5, 0.6) is 0 Å². The second kappa shape index (κ2) is 5.89. The molecule has 0 unspecified atom stereocenters. The minimum absolute atomic E-state index is 0.0508. The van der Waals surface area contributed by atoms with Crippen molar-refractivity contribution in [1.82, 2.24) is 4.98 Å². The SMILES string of the molecule is CCOC(=O)c1sc(-c2ccc(C(C)(F)F)cc2)nc1C. The van der Waals surface area contributed by atoms with Crippen LogP contribution in [0.15, 0.2) is 24.3 Å². The van der Waals surface area contributed by atoms with Gasteiger partial charge in [-0.15, -0.1) is 11.3 Å². The van der Waals surface area contributed by atoms with Crippen molar-refractivity contribution in [3.63, 3.8) is 0 Å². The summed E-state index contributed by atoms with van der Waals surface area (Å²) in [5.74, 6) is -3.27. The Kier molecular flexibility index (Phi) is 4.37. The first kappa shape index (κ1) is 15.6. The van der Waals surface area contributed by atoms with Crippen LogP contribution in [-0.4, -0.2) is 17.6 Å². The van der Waals surface area contributed by atoms with Gasteiger partial charge in [0.1, 0.15) is 9.88 Å². The average molecular weight is 311 g/mol. The van der Waals surface area contributed by atoms with E-state index in [1.807, 2.05) is 0 Å². The van der Waals surface area contributed by atoms with E-state index in [4.69, 9.17) is 4.74 Å². The topological polar surface area (TPSA) is 39.2 Å². The molecule has 0 fully saturated rings. The molecule has 1 aromatic carbocycles. The van der Waals surface area contributed by atoms with Gasteiger partial charge in [-0.3, -0.25) is 0 Å². The minimum Gasteiger partial charge on any atom is -0.462 e. The lowest BCUT2D eigenvalue weighted by molar-refractivity contribution is 0.0175. The monoisotopic (exact) mass is 311 g/mol. The number of carbonyl (C=O) groups excluding carboxylic acids is 1. The minimum atomic E-state index is -2.87. The van der Waals surface area contributed by atoms with E-state index in [9.17, 15) is 13.6 Å². The van der Waals surface area contributed by atoms with Crippen molar-refractivity contribution < 1.29 is 18.3 Å². The van der Waals surface area contributed by atoms with Crippen molar-refractivity contribution in [2.24, 2.45) is 0 Å². The zero-order valence-corrected chi connectivity index (χ0v) is 12.8. The van der Waals surface area contributed by atoms with Crippen molar-refractivity contribution in [3.05, 3.63) is 40.4 Å². The molecule has 0 aliphatic carbocycles. The Balaban J connectivity index is 2.31. The van der Waals surface area contributed by atoms with Crippen LogP contribution in [-0.2, 0) is 10.7 Å². The summed E-state index contributed by atoms with van der Waals surface area (Å²) in [6.45, 7) is 4.61. The molecular formula is C15H15F2NO2S. The van der Waals surface area contributed by atoms with Gasteiger partial charge in [-0.2, -0.15) is 0 Å². The van der Waals surface area contributed by atoms with Crippen LogP contribution >= 0.6 is 11.3 Å². The molecule has 1 heterocycles. The number of aromatic nitrogens is 1. The summed E-state index contributed by atoms with van der Waals surface area (Å²) >= 11 is 1.20. The van der Waals surface area contributed by atoms with E-state index in [-0.39, 0.29) is 5.56 Å². The lowest BCUT2D eigenvalue weighted by Gasteiger charge is -2.10.